The molecular formula is C37H51N5O7S2. The highest BCUT2D eigenvalue weighted by molar-refractivity contribution is 7.89. The van der Waals surface area contributed by atoms with E-state index in [-0.39, 0.29) is 42.3 Å². The number of thiazole rings is 1. The number of benzene rings is 2. The summed E-state index contributed by atoms with van der Waals surface area (Å²) in [5, 5.41) is 17.7. The second-order valence-electron chi connectivity index (χ2n) is 13.8. The van der Waals surface area contributed by atoms with E-state index in [1.165, 1.54) is 34.9 Å². The molecule has 0 radical (unpaired) electrons. The molecule has 1 aromatic heterocycles. The van der Waals surface area contributed by atoms with E-state index < -0.39 is 34.1 Å². The summed E-state index contributed by atoms with van der Waals surface area (Å²) in [4.78, 5) is 35.8. The Bertz CT molecular complexity index is 1680. The van der Waals surface area contributed by atoms with E-state index in [1.54, 1.807) is 29.0 Å². The average Bonchev–Trinajstić information content (AvgIpc) is 3.88. The zero-order valence-electron chi connectivity index (χ0n) is 29.9. The highest BCUT2D eigenvalue weighted by atomic mass is 32.2. The Morgan fingerprint density at radius 2 is 1.78 bits per heavy atom. The predicted octanol–water partition coefficient (Wildman–Crippen LogP) is 4.53. The van der Waals surface area contributed by atoms with E-state index in [1.807, 2.05) is 49.6 Å². The number of aliphatic hydroxyl groups is 1. The molecule has 2 fully saturated rings. The molecule has 1 aliphatic carbocycles. The third kappa shape index (κ3) is 9.86. The van der Waals surface area contributed by atoms with Gasteiger partial charge in [0.15, 0.2) is 0 Å². The van der Waals surface area contributed by atoms with E-state index >= 15 is 0 Å². The van der Waals surface area contributed by atoms with Crippen molar-refractivity contribution in [3.63, 3.8) is 0 Å². The maximum atomic E-state index is 14.2. The molecular weight excluding hydrogens is 691 g/mol. The van der Waals surface area contributed by atoms with Crippen LogP contribution in [0, 0.1) is 11.8 Å². The minimum Gasteiger partial charge on any atom is -0.497 e. The summed E-state index contributed by atoms with van der Waals surface area (Å²) < 4.78 is 40.0. The topological polar surface area (TPSA) is 142 Å². The largest absolute Gasteiger partial charge is 0.497 e. The summed E-state index contributed by atoms with van der Waals surface area (Å²) in [6.07, 6.45) is 2.95. The van der Waals surface area contributed by atoms with Crippen LogP contribution < -0.4 is 10.1 Å². The number of urea groups is 1. The molecule has 1 unspecified atom stereocenters. The maximum absolute atomic E-state index is 14.2. The van der Waals surface area contributed by atoms with Gasteiger partial charge in [0.1, 0.15) is 16.8 Å². The molecule has 0 bridgehead atoms. The number of methoxy groups -OCH3 is 2. The number of aliphatic hydroxyl groups excluding tert-OH is 1. The van der Waals surface area contributed by atoms with Gasteiger partial charge in [0.2, 0.25) is 15.9 Å². The number of aromatic nitrogens is 1. The first-order valence-electron chi connectivity index (χ1n) is 17.6. The van der Waals surface area contributed by atoms with Crippen molar-refractivity contribution in [3.8, 4) is 5.75 Å². The Morgan fingerprint density at radius 3 is 2.43 bits per heavy atom. The van der Waals surface area contributed by atoms with Crippen LogP contribution in [0.1, 0.15) is 55.8 Å². The van der Waals surface area contributed by atoms with Crippen molar-refractivity contribution >= 4 is 33.3 Å². The van der Waals surface area contributed by atoms with Gasteiger partial charge in [-0.1, -0.05) is 57.0 Å². The molecule has 1 saturated carbocycles. The Morgan fingerprint density at radius 1 is 1.08 bits per heavy atom. The number of hydrogen-bond acceptors (Lipinski definition) is 9. The zero-order chi connectivity index (χ0) is 36.5. The summed E-state index contributed by atoms with van der Waals surface area (Å²) in [7, 11) is -0.858. The van der Waals surface area contributed by atoms with Crippen LogP contribution in [-0.2, 0) is 39.1 Å². The summed E-state index contributed by atoms with van der Waals surface area (Å²) in [6, 6.07) is 13.8. The van der Waals surface area contributed by atoms with Gasteiger partial charge in [-0.05, 0) is 60.9 Å². The molecule has 5 rings (SSSR count). The average molecular weight is 742 g/mol. The van der Waals surface area contributed by atoms with Crippen molar-refractivity contribution in [3.05, 3.63) is 76.2 Å². The lowest BCUT2D eigenvalue weighted by Crippen LogP contribution is -2.57. The summed E-state index contributed by atoms with van der Waals surface area (Å²) in [5.41, 5.74) is 1.65. The van der Waals surface area contributed by atoms with E-state index in [0.717, 1.165) is 41.9 Å². The molecule has 2 aromatic carbocycles. The lowest BCUT2D eigenvalue weighted by atomic mass is 9.97. The van der Waals surface area contributed by atoms with Crippen LogP contribution in [0.4, 0.5) is 4.79 Å². The van der Waals surface area contributed by atoms with Gasteiger partial charge in [-0.3, -0.25) is 4.79 Å². The SMILES string of the molecule is COCc1nc(CN2CCN(C(C(=O)N[C@@H](Cc3ccccc3)[C@H](O)CN(CC3CCCC3)S(=O)(=O)c3ccc(OC)cc3)C(C)C)C2=O)cs1. The normalized spacial score (nSPS) is 17.4. The van der Waals surface area contributed by atoms with Crippen LogP contribution >= 0.6 is 11.3 Å². The van der Waals surface area contributed by atoms with E-state index in [2.05, 4.69) is 10.3 Å². The first-order chi connectivity index (χ1) is 24.5. The summed E-state index contributed by atoms with van der Waals surface area (Å²) in [5.74, 6) is 0.0974. The van der Waals surface area contributed by atoms with Crippen LogP contribution in [0.25, 0.3) is 0 Å². The number of sulfonamides is 1. The molecule has 1 aliphatic heterocycles. The molecule has 278 valence electrons. The van der Waals surface area contributed by atoms with E-state index in [9.17, 15) is 23.1 Å². The van der Waals surface area contributed by atoms with Gasteiger partial charge in [0, 0.05) is 38.7 Å². The van der Waals surface area contributed by atoms with Gasteiger partial charge in [0.05, 0.1) is 43.0 Å². The van der Waals surface area contributed by atoms with Crippen LogP contribution in [0.15, 0.2) is 64.9 Å². The number of hydrogen-bond donors (Lipinski definition) is 2. The van der Waals surface area contributed by atoms with E-state index in [4.69, 9.17) is 9.47 Å². The summed E-state index contributed by atoms with van der Waals surface area (Å²) >= 11 is 1.48. The first kappa shape index (κ1) is 38.7. The third-order valence-corrected chi connectivity index (χ3v) is 12.4. The summed E-state index contributed by atoms with van der Waals surface area (Å²) in [6.45, 7) is 5.41. The number of amides is 3. The number of nitrogens with one attached hydrogen (secondary N) is 1. The molecule has 2 aliphatic rings. The van der Waals surface area contributed by atoms with Crippen LogP contribution in [0.2, 0.25) is 0 Å². The molecule has 3 amide bonds. The van der Waals surface area contributed by atoms with Crippen LogP contribution in [0.3, 0.4) is 0 Å². The third-order valence-electron chi connectivity index (χ3n) is 9.70. The second-order valence-corrected chi connectivity index (χ2v) is 16.7. The highest BCUT2D eigenvalue weighted by Gasteiger charge is 2.41. The number of carbonyl (C=O) groups excluding carboxylic acids is 2. The van der Waals surface area contributed by atoms with Crippen LogP contribution in [0.5, 0.6) is 5.75 Å². The molecule has 14 heteroatoms. The standard InChI is InChI=1S/C37H51N5O7S2/c1-26(2)35(42-19-18-40(37(42)45)22-29-25-50-34(38-29)24-48-3)36(44)39-32(20-27-10-6-5-7-11-27)33(43)23-41(21-28-12-8-9-13-28)51(46,47)31-16-14-30(49-4)15-17-31/h5-7,10-11,14-17,25-26,28,32-33,35,43H,8-9,12-13,18-24H2,1-4H3,(H,39,44)/t32-,33+,35?/m0/s1. The van der Waals surface area contributed by atoms with Crippen molar-refractivity contribution in [2.45, 2.75) is 82.2 Å². The molecule has 1 saturated heterocycles. The Hall–Kier alpha value is -3.56. The molecule has 12 nitrogen and oxygen atoms in total. The Balaban J connectivity index is 1.36. The quantitative estimate of drug-likeness (QED) is 0.194. The molecule has 3 aromatic rings. The Labute approximate surface area is 305 Å². The van der Waals surface area contributed by atoms with Gasteiger partial charge in [-0.25, -0.2) is 18.2 Å². The minimum atomic E-state index is -3.99. The number of nitrogens with zero attached hydrogens (tertiary/aromatic N) is 4. The number of rotatable bonds is 18. The molecule has 0 spiro atoms. The van der Waals surface area contributed by atoms with Crippen molar-refractivity contribution in [2.75, 3.05) is 40.4 Å². The minimum absolute atomic E-state index is 0.113. The van der Waals surface area contributed by atoms with Crippen molar-refractivity contribution in [1.82, 2.24) is 24.4 Å². The van der Waals surface area contributed by atoms with Crippen molar-refractivity contribution < 1.29 is 32.6 Å². The monoisotopic (exact) mass is 741 g/mol. The lowest BCUT2D eigenvalue weighted by molar-refractivity contribution is -0.128. The predicted molar refractivity (Wildman–Crippen MR) is 196 cm³/mol. The molecule has 2 N–H and O–H groups in total. The van der Waals surface area contributed by atoms with Gasteiger partial charge < -0.3 is 29.7 Å². The smallest absolute Gasteiger partial charge is 0.321 e. The van der Waals surface area contributed by atoms with Gasteiger partial charge in [-0.2, -0.15) is 4.31 Å². The Kier molecular flexibility index (Phi) is 13.5. The van der Waals surface area contributed by atoms with Crippen molar-refractivity contribution in [2.24, 2.45) is 11.8 Å². The fourth-order valence-electron chi connectivity index (χ4n) is 7.02. The highest BCUT2D eigenvalue weighted by Crippen LogP contribution is 2.29. The molecule has 51 heavy (non-hydrogen) atoms. The molecule has 2 heterocycles. The first-order valence-corrected chi connectivity index (χ1v) is 20.0. The molecule has 3 atom stereocenters. The fraction of sp³-hybridized carbons (Fsp3) is 0.541. The van der Waals surface area contributed by atoms with Gasteiger partial charge in [0.25, 0.3) is 0 Å². The lowest BCUT2D eigenvalue weighted by Gasteiger charge is -2.34. The van der Waals surface area contributed by atoms with E-state index in [0.29, 0.717) is 32.0 Å². The number of carbonyl (C=O) groups is 2. The van der Waals surface area contributed by atoms with Gasteiger partial charge in [-0.15, -0.1) is 11.3 Å². The number of ether oxygens (including phenoxy) is 2. The second kappa shape index (κ2) is 17.8. The van der Waals surface area contributed by atoms with Gasteiger partial charge >= 0.3 is 6.03 Å². The van der Waals surface area contributed by atoms with Crippen molar-refractivity contribution in [1.29, 1.82) is 0 Å². The van der Waals surface area contributed by atoms with Crippen LogP contribution in [-0.4, -0.2) is 103 Å². The maximum Gasteiger partial charge on any atom is 0.321 e. The zero-order valence-corrected chi connectivity index (χ0v) is 31.6. The fourth-order valence-corrected chi connectivity index (χ4v) is 9.31.